The highest BCUT2D eigenvalue weighted by Gasteiger charge is 2.15. The van der Waals surface area contributed by atoms with E-state index in [9.17, 15) is 0 Å². The van der Waals surface area contributed by atoms with Crippen LogP contribution in [0.1, 0.15) is 46.5 Å². The second-order valence-electron chi connectivity index (χ2n) is 4.80. The van der Waals surface area contributed by atoms with Gasteiger partial charge in [0.05, 0.1) is 17.6 Å². The zero-order valence-electron chi connectivity index (χ0n) is 10.8. The molecular weight excluding hydrogens is 198 g/mol. The standard InChI is InChI=1S/C13H23N3/c1-4-16(11-7-9-14)10-6-5-8-13(2,3)12-15/h4-8,10-11H2,1-3H3. The lowest BCUT2D eigenvalue weighted by Gasteiger charge is -2.20. The molecule has 90 valence electrons. The van der Waals surface area contributed by atoms with Gasteiger partial charge in [-0.1, -0.05) is 13.3 Å². The SMILES string of the molecule is CCN(CCC#N)CCCCC(C)(C)C#N. The molecule has 0 unspecified atom stereocenters. The summed E-state index contributed by atoms with van der Waals surface area (Å²) in [6.07, 6.45) is 3.77. The molecule has 0 aromatic rings. The third-order valence-electron chi connectivity index (χ3n) is 2.82. The van der Waals surface area contributed by atoms with Crippen LogP contribution in [0.5, 0.6) is 0 Å². The van der Waals surface area contributed by atoms with E-state index in [0.717, 1.165) is 38.9 Å². The maximum atomic E-state index is 8.87. The molecule has 3 nitrogen and oxygen atoms in total. The van der Waals surface area contributed by atoms with Crippen molar-refractivity contribution in [3.05, 3.63) is 0 Å². The smallest absolute Gasteiger partial charge is 0.0683 e. The first-order valence-corrected chi connectivity index (χ1v) is 6.06. The minimum atomic E-state index is -0.191. The van der Waals surface area contributed by atoms with E-state index in [0.29, 0.717) is 6.42 Å². The largest absolute Gasteiger partial charge is 0.303 e. The van der Waals surface area contributed by atoms with Crippen LogP contribution < -0.4 is 0 Å². The number of unbranched alkanes of at least 4 members (excludes halogenated alkanes) is 1. The molecule has 0 aromatic heterocycles. The second-order valence-corrected chi connectivity index (χ2v) is 4.80. The number of nitriles is 2. The number of hydrogen-bond acceptors (Lipinski definition) is 3. The molecule has 0 atom stereocenters. The van der Waals surface area contributed by atoms with Crippen LogP contribution in [0.25, 0.3) is 0 Å². The van der Waals surface area contributed by atoms with E-state index >= 15 is 0 Å². The average molecular weight is 221 g/mol. The van der Waals surface area contributed by atoms with Crippen molar-refractivity contribution in [3.63, 3.8) is 0 Å². The van der Waals surface area contributed by atoms with Crippen LogP contribution in [-0.2, 0) is 0 Å². The predicted octanol–water partition coefficient (Wildman–Crippen LogP) is 2.94. The molecule has 0 rings (SSSR count). The van der Waals surface area contributed by atoms with E-state index in [-0.39, 0.29) is 5.41 Å². The van der Waals surface area contributed by atoms with Gasteiger partial charge >= 0.3 is 0 Å². The number of rotatable bonds is 8. The van der Waals surface area contributed by atoms with Gasteiger partial charge in [0.25, 0.3) is 0 Å². The summed E-state index contributed by atoms with van der Waals surface area (Å²) in [5, 5.41) is 17.4. The summed E-state index contributed by atoms with van der Waals surface area (Å²) in [5.41, 5.74) is -0.191. The molecule has 0 amide bonds. The third-order valence-corrected chi connectivity index (χ3v) is 2.82. The summed E-state index contributed by atoms with van der Waals surface area (Å²) in [5.74, 6) is 0. The first-order valence-electron chi connectivity index (χ1n) is 6.06. The molecular formula is C13H23N3. The van der Waals surface area contributed by atoms with Crippen LogP contribution in [0.4, 0.5) is 0 Å². The summed E-state index contributed by atoms with van der Waals surface area (Å²) in [7, 11) is 0. The summed E-state index contributed by atoms with van der Waals surface area (Å²) in [6.45, 7) is 9.01. The van der Waals surface area contributed by atoms with Gasteiger partial charge in [-0.3, -0.25) is 0 Å². The Morgan fingerprint density at radius 2 is 1.81 bits per heavy atom. The normalized spacial score (nSPS) is 11.1. The van der Waals surface area contributed by atoms with Crippen LogP contribution in [0.15, 0.2) is 0 Å². The molecule has 0 aliphatic carbocycles. The molecule has 0 radical (unpaired) electrons. The fourth-order valence-corrected chi connectivity index (χ4v) is 1.59. The van der Waals surface area contributed by atoms with E-state index < -0.39 is 0 Å². The third kappa shape index (κ3) is 7.26. The monoisotopic (exact) mass is 221 g/mol. The zero-order chi connectivity index (χ0) is 12.4. The number of nitrogens with zero attached hydrogens (tertiary/aromatic N) is 3. The van der Waals surface area contributed by atoms with Crippen molar-refractivity contribution in [2.24, 2.45) is 5.41 Å². The van der Waals surface area contributed by atoms with Gasteiger partial charge in [0, 0.05) is 13.0 Å². The van der Waals surface area contributed by atoms with Crippen LogP contribution >= 0.6 is 0 Å². The topological polar surface area (TPSA) is 50.8 Å². The van der Waals surface area contributed by atoms with E-state index in [1.807, 2.05) is 13.8 Å². The molecule has 0 saturated heterocycles. The summed E-state index contributed by atoms with van der Waals surface area (Å²) < 4.78 is 0. The van der Waals surface area contributed by atoms with Gasteiger partial charge in [-0.15, -0.1) is 0 Å². The maximum Gasteiger partial charge on any atom is 0.0683 e. The maximum absolute atomic E-state index is 8.87. The predicted molar refractivity (Wildman–Crippen MR) is 65.6 cm³/mol. The molecule has 0 heterocycles. The van der Waals surface area contributed by atoms with Crippen molar-refractivity contribution < 1.29 is 0 Å². The van der Waals surface area contributed by atoms with Crippen LogP contribution in [0, 0.1) is 28.1 Å². The summed E-state index contributed by atoms with van der Waals surface area (Å²) >= 11 is 0. The van der Waals surface area contributed by atoms with Gasteiger partial charge in [-0.05, 0) is 39.8 Å². The van der Waals surface area contributed by atoms with E-state index in [1.165, 1.54) is 0 Å². The molecule has 0 aromatic carbocycles. The summed E-state index contributed by atoms with van der Waals surface area (Å²) in [6, 6.07) is 4.49. The van der Waals surface area contributed by atoms with E-state index in [2.05, 4.69) is 24.0 Å². The lowest BCUT2D eigenvalue weighted by molar-refractivity contribution is 0.280. The molecule has 0 spiro atoms. The van der Waals surface area contributed by atoms with E-state index in [1.54, 1.807) is 0 Å². The summed E-state index contributed by atoms with van der Waals surface area (Å²) in [4.78, 5) is 2.29. The highest BCUT2D eigenvalue weighted by atomic mass is 15.1. The van der Waals surface area contributed by atoms with Gasteiger partial charge < -0.3 is 4.90 Å². The molecule has 3 heteroatoms. The first kappa shape index (κ1) is 14.9. The molecule has 0 aliphatic heterocycles. The highest BCUT2D eigenvalue weighted by molar-refractivity contribution is 4.91. The van der Waals surface area contributed by atoms with Crippen molar-refractivity contribution in [3.8, 4) is 12.1 Å². The van der Waals surface area contributed by atoms with Gasteiger partial charge in [-0.2, -0.15) is 10.5 Å². The van der Waals surface area contributed by atoms with Crippen LogP contribution in [0.2, 0.25) is 0 Å². The van der Waals surface area contributed by atoms with Gasteiger partial charge in [0.2, 0.25) is 0 Å². The minimum absolute atomic E-state index is 0.191. The lowest BCUT2D eigenvalue weighted by Crippen LogP contribution is -2.25. The average Bonchev–Trinajstić information content (AvgIpc) is 2.28. The molecule has 0 fully saturated rings. The van der Waals surface area contributed by atoms with Crippen molar-refractivity contribution >= 4 is 0 Å². The van der Waals surface area contributed by atoms with Gasteiger partial charge in [0.1, 0.15) is 0 Å². The molecule has 0 bridgehead atoms. The first-order chi connectivity index (χ1) is 7.55. The lowest BCUT2D eigenvalue weighted by atomic mass is 9.89. The van der Waals surface area contributed by atoms with Crippen molar-refractivity contribution in [1.29, 1.82) is 10.5 Å². The van der Waals surface area contributed by atoms with Crippen LogP contribution in [0.3, 0.4) is 0 Å². The highest BCUT2D eigenvalue weighted by Crippen LogP contribution is 2.21. The van der Waals surface area contributed by atoms with Gasteiger partial charge in [-0.25, -0.2) is 0 Å². The Bertz CT molecular complexity index is 257. The Kier molecular flexibility index (Phi) is 7.60. The number of hydrogen-bond donors (Lipinski definition) is 0. The van der Waals surface area contributed by atoms with E-state index in [4.69, 9.17) is 10.5 Å². The fraction of sp³-hybridized carbons (Fsp3) is 0.846. The minimum Gasteiger partial charge on any atom is -0.303 e. The Hall–Kier alpha value is -1.06. The van der Waals surface area contributed by atoms with Crippen molar-refractivity contribution in [2.45, 2.75) is 46.5 Å². The zero-order valence-corrected chi connectivity index (χ0v) is 10.8. The van der Waals surface area contributed by atoms with Gasteiger partial charge in [0.15, 0.2) is 0 Å². The van der Waals surface area contributed by atoms with Crippen LogP contribution in [-0.4, -0.2) is 24.5 Å². The molecule has 16 heavy (non-hydrogen) atoms. The fourth-order valence-electron chi connectivity index (χ4n) is 1.59. The quantitative estimate of drug-likeness (QED) is 0.592. The second kappa shape index (κ2) is 8.13. The van der Waals surface area contributed by atoms with Crippen molar-refractivity contribution in [1.82, 2.24) is 4.90 Å². The molecule has 0 N–H and O–H groups in total. The Labute approximate surface area is 99.7 Å². The Morgan fingerprint density at radius 3 is 2.31 bits per heavy atom. The molecule has 0 aliphatic rings. The molecule has 0 saturated carbocycles. The van der Waals surface area contributed by atoms with Crippen molar-refractivity contribution in [2.75, 3.05) is 19.6 Å². The Morgan fingerprint density at radius 1 is 1.12 bits per heavy atom. The Balaban J connectivity index is 3.64.